The van der Waals surface area contributed by atoms with Crippen LogP contribution >= 0.6 is 0 Å². The Morgan fingerprint density at radius 1 is 1.04 bits per heavy atom. The predicted octanol–water partition coefficient (Wildman–Crippen LogP) is 1.96. The zero-order valence-electron chi connectivity index (χ0n) is 14.1. The van der Waals surface area contributed by atoms with Gasteiger partial charge in [0.05, 0.1) is 20.0 Å². The highest BCUT2D eigenvalue weighted by Gasteiger charge is 2.26. The quantitative estimate of drug-likeness (QED) is 0.758. The van der Waals surface area contributed by atoms with E-state index in [9.17, 15) is 8.42 Å². The summed E-state index contributed by atoms with van der Waals surface area (Å²) >= 11 is 0. The largest absolute Gasteiger partial charge is 0.493 e. The number of hydrogen-bond donors (Lipinski definition) is 0. The lowest BCUT2D eigenvalue weighted by molar-refractivity contribution is 0.354. The summed E-state index contributed by atoms with van der Waals surface area (Å²) in [4.78, 5) is 2.17. The molecule has 0 N–H and O–H groups in total. The summed E-state index contributed by atoms with van der Waals surface area (Å²) < 4.78 is 36.7. The predicted molar refractivity (Wildman–Crippen MR) is 92.0 cm³/mol. The third-order valence-corrected chi connectivity index (χ3v) is 6.08. The van der Waals surface area contributed by atoms with Crippen LogP contribution < -0.4 is 14.4 Å². The molecule has 0 saturated carbocycles. The minimum Gasteiger partial charge on any atom is -0.493 e. The molecular weight excluding hydrogens is 316 g/mol. The van der Waals surface area contributed by atoms with Crippen LogP contribution in [0, 0.1) is 0 Å². The maximum Gasteiger partial charge on any atom is 0.214 e. The number of rotatable bonds is 7. The first-order valence-corrected chi connectivity index (χ1v) is 9.57. The van der Waals surface area contributed by atoms with Crippen LogP contribution in [-0.4, -0.2) is 58.9 Å². The van der Waals surface area contributed by atoms with Gasteiger partial charge in [0.2, 0.25) is 10.0 Å². The summed E-state index contributed by atoms with van der Waals surface area (Å²) in [6, 6.07) is 5.78. The minimum absolute atomic E-state index is 0.250. The molecule has 6 nitrogen and oxygen atoms in total. The number of methoxy groups -OCH3 is 2. The van der Waals surface area contributed by atoms with Gasteiger partial charge in [0.15, 0.2) is 11.5 Å². The summed E-state index contributed by atoms with van der Waals surface area (Å²) in [5.41, 5.74) is 1.02. The van der Waals surface area contributed by atoms with Crippen LogP contribution in [-0.2, 0) is 10.0 Å². The van der Waals surface area contributed by atoms with E-state index in [4.69, 9.17) is 9.47 Å². The average molecular weight is 342 g/mol. The molecule has 0 atom stereocenters. The van der Waals surface area contributed by atoms with E-state index >= 15 is 0 Å². The van der Waals surface area contributed by atoms with Crippen molar-refractivity contribution < 1.29 is 17.9 Å². The first-order chi connectivity index (χ1) is 11.0. The molecule has 1 aromatic rings. The van der Waals surface area contributed by atoms with Gasteiger partial charge < -0.3 is 14.4 Å². The molecule has 1 aliphatic heterocycles. The molecule has 0 bridgehead atoms. The summed E-state index contributed by atoms with van der Waals surface area (Å²) in [7, 11) is 0.107. The van der Waals surface area contributed by atoms with Gasteiger partial charge in [-0.1, -0.05) is 13.3 Å². The zero-order valence-corrected chi connectivity index (χ0v) is 14.9. The van der Waals surface area contributed by atoms with E-state index in [2.05, 4.69) is 4.90 Å². The highest BCUT2D eigenvalue weighted by molar-refractivity contribution is 7.89. The van der Waals surface area contributed by atoms with Crippen molar-refractivity contribution in [1.82, 2.24) is 4.31 Å². The number of hydrogen-bond acceptors (Lipinski definition) is 5. The highest BCUT2D eigenvalue weighted by Crippen LogP contribution is 2.32. The monoisotopic (exact) mass is 342 g/mol. The lowest BCUT2D eigenvalue weighted by atomic mass is 10.2. The van der Waals surface area contributed by atoms with E-state index < -0.39 is 10.0 Å². The van der Waals surface area contributed by atoms with E-state index in [1.807, 2.05) is 25.1 Å². The summed E-state index contributed by atoms with van der Waals surface area (Å²) in [6.07, 6.45) is 1.61. The van der Waals surface area contributed by atoms with Gasteiger partial charge in [0, 0.05) is 37.9 Å². The fraction of sp³-hybridized carbons (Fsp3) is 0.625. The molecule has 0 aromatic heterocycles. The smallest absolute Gasteiger partial charge is 0.214 e. The lowest BCUT2D eigenvalue weighted by Crippen LogP contribution is -2.49. The summed E-state index contributed by atoms with van der Waals surface area (Å²) in [6.45, 7) is 4.42. The molecule has 0 aliphatic carbocycles. The number of ether oxygens (including phenoxy) is 2. The minimum atomic E-state index is -3.11. The molecule has 1 saturated heterocycles. The lowest BCUT2D eigenvalue weighted by Gasteiger charge is -2.35. The van der Waals surface area contributed by atoms with Crippen LogP contribution in [0.4, 0.5) is 5.69 Å². The maximum atomic E-state index is 12.2. The van der Waals surface area contributed by atoms with Crippen LogP contribution in [0.3, 0.4) is 0 Å². The first-order valence-electron chi connectivity index (χ1n) is 7.96. The van der Waals surface area contributed by atoms with E-state index in [1.165, 1.54) is 0 Å². The third kappa shape index (κ3) is 4.29. The normalized spacial score (nSPS) is 16.4. The Kier molecular flexibility index (Phi) is 6.12. The molecule has 0 amide bonds. The van der Waals surface area contributed by atoms with Crippen molar-refractivity contribution in [2.24, 2.45) is 0 Å². The molecule has 1 heterocycles. The second kappa shape index (κ2) is 7.88. The van der Waals surface area contributed by atoms with Crippen LogP contribution in [0.5, 0.6) is 11.5 Å². The Labute approximate surface area is 139 Å². The van der Waals surface area contributed by atoms with Crippen molar-refractivity contribution in [3.63, 3.8) is 0 Å². The molecule has 23 heavy (non-hydrogen) atoms. The molecule has 1 fully saturated rings. The molecule has 0 spiro atoms. The summed E-state index contributed by atoms with van der Waals surface area (Å²) in [5.74, 6) is 1.62. The third-order valence-electron chi connectivity index (χ3n) is 4.12. The van der Waals surface area contributed by atoms with Gasteiger partial charge in [-0.25, -0.2) is 8.42 Å². The topological polar surface area (TPSA) is 59.1 Å². The fourth-order valence-corrected chi connectivity index (χ4v) is 4.33. The Hall–Kier alpha value is -1.47. The summed E-state index contributed by atoms with van der Waals surface area (Å²) in [5, 5.41) is 0. The Balaban J connectivity index is 2.02. The number of piperazine rings is 1. The standard InChI is InChI=1S/C16H26N2O4S/c1-4-5-12-23(19,20)18-10-8-17(9-11-18)14-6-7-15(21-2)16(13-14)22-3/h6-7,13H,4-5,8-12H2,1-3H3. The van der Waals surface area contributed by atoms with E-state index in [0.29, 0.717) is 37.7 Å². The molecule has 1 aliphatic rings. The second-order valence-electron chi connectivity index (χ2n) is 5.59. The number of nitrogens with zero attached hydrogens (tertiary/aromatic N) is 2. The maximum absolute atomic E-state index is 12.2. The number of benzene rings is 1. The van der Waals surface area contributed by atoms with E-state index in [-0.39, 0.29) is 5.75 Å². The van der Waals surface area contributed by atoms with Crippen LogP contribution in [0.1, 0.15) is 19.8 Å². The zero-order chi connectivity index (χ0) is 16.9. The van der Waals surface area contributed by atoms with Gasteiger partial charge in [-0.15, -0.1) is 0 Å². The van der Waals surface area contributed by atoms with Gasteiger partial charge in [-0.3, -0.25) is 0 Å². The SMILES string of the molecule is CCCCS(=O)(=O)N1CCN(c2ccc(OC)c(OC)c2)CC1. The molecule has 0 radical (unpaired) electrons. The van der Waals surface area contributed by atoms with Crippen LogP contribution in [0.15, 0.2) is 18.2 Å². The van der Waals surface area contributed by atoms with Crippen molar-refractivity contribution in [2.75, 3.05) is 51.1 Å². The van der Waals surface area contributed by atoms with E-state index in [1.54, 1.807) is 18.5 Å². The van der Waals surface area contributed by atoms with E-state index in [0.717, 1.165) is 18.5 Å². The molecule has 2 rings (SSSR count). The molecule has 7 heteroatoms. The van der Waals surface area contributed by atoms with Gasteiger partial charge in [-0.2, -0.15) is 4.31 Å². The van der Waals surface area contributed by atoms with Crippen molar-refractivity contribution in [3.8, 4) is 11.5 Å². The van der Waals surface area contributed by atoms with Crippen molar-refractivity contribution in [3.05, 3.63) is 18.2 Å². The van der Waals surface area contributed by atoms with Crippen molar-refractivity contribution in [1.29, 1.82) is 0 Å². The Bertz CT molecular complexity index is 611. The van der Waals surface area contributed by atoms with Crippen LogP contribution in [0.25, 0.3) is 0 Å². The Morgan fingerprint density at radius 2 is 1.70 bits per heavy atom. The molecule has 0 unspecified atom stereocenters. The molecule has 1 aromatic carbocycles. The Morgan fingerprint density at radius 3 is 2.26 bits per heavy atom. The number of sulfonamides is 1. The van der Waals surface area contributed by atoms with Crippen LogP contribution in [0.2, 0.25) is 0 Å². The number of anilines is 1. The highest BCUT2D eigenvalue weighted by atomic mass is 32.2. The van der Waals surface area contributed by atoms with Gasteiger partial charge in [0.1, 0.15) is 0 Å². The van der Waals surface area contributed by atoms with Gasteiger partial charge in [-0.05, 0) is 18.6 Å². The molecular formula is C16H26N2O4S. The van der Waals surface area contributed by atoms with Crippen molar-refractivity contribution in [2.45, 2.75) is 19.8 Å². The average Bonchev–Trinajstić information content (AvgIpc) is 2.59. The fourth-order valence-electron chi connectivity index (χ4n) is 2.70. The molecule has 130 valence electrons. The number of unbranched alkanes of at least 4 members (excludes halogenated alkanes) is 1. The second-order valence-corrected chi connectivity index (χ2v) is 7.68. The van der Waals surface area contributed by atoms with Gasteiger partial charge in [0.25, 0.3) is 0 Å². The van der Waals surface area contributed by atoms with Gasteiger partial charge >= 0.3 is 0 Å². The first kappa shape index (κ1) is 17.9. The van der Waals surface area contributed by atoms with Crippen molar-refractivity contribution >= 4 is 15.7 Å².